The standard InChI is InChI=1S/C17H27N3O3S/c1-14-8-9-15(2)16(12-14)20(24(22,23)18(3)4)13-17(21)19-10-6-5-7-11-19/h8-9,12H,5-7,10-11,13H2,1-4H3. The molecule has 1 aromatic carbocycles. The van der Waals surface area contributed by atoms with Gasteiger partial charge in [0, 0.05) is 27.2 Å². The fraction of sp³-hybridized carbons (Fsp3) is 0.588. The third-order valence-corrected chi connectivity index (χ3v) is 6.17. The van der Waals surface area contributed by atoms with Gasteiger partial charge in [0.1, 0.15) is 6.54 Å². The Morgan fingerprint density at radius 1 is 1.12 bits per heavy atom. The van der Waals surface area contributed by atoms with Gasteiger partial charge in [0.05, 0.1) is 5.69 Å². The van der Waals surface area contributed by atoms with Gasteiger partial charge in [-0.1, -0.05) is 12.1 Å². The lowest BCUT2D eigenvalue weighted by molar-refractivity contribution is -0.130. The second-order valence-electron chi connectivity index (χ2n) is 6.53. The van der Waals surface area contributed by atoms with Crippen LogP contribution >= 0.6 is 0 Å². The Labute approximate surface area is 145 Å². The number of nitrogens with zero attached hydrogens (tertiary/aromatic N) is 3. The van der Waals surface area contributed by atoms with Crippen LogP contribution in [-0.2, 0) is 15.0 Å². The molecule has 0 N–H and O–H groups in total. The number of hydrogen-bond acceptors (Lipinski definition) is 3. The fourth-order valence-corrected chi connectivity index (χ4v) is 3.96. The average molecular weight is 353 g/mol. The molecule has 1 saturated heterocycles. The van der Waals surface area contributed by atoms with Crippen molar-refractivity contribution < 1.29 is 13.2 Å². The van der Waals surface area contributed by atoms with E-state index in [0.717, 1.165) is 34.7 Å². The van der Waals surface area contributed by atoms with E-state index in [2.05, 4.69) is 0 Å². The van der Waals surface area contributed by atoms with Gasteiger partial charge >= 0.3 is 10.2 Å². The molecule has 0 saturated carbocycles. The van der Waals surface area contributed by atoms with Crippen LogP contribution in [0.4, 0.5) is 5.69 Å². The smallest absolute Gasteiger partial charge is 0.304 e. The Balaban J connectivity index is 2.36. The summed E-state index contributed by atoms with van der Waals surface area (Å²) in [6.45, 7) is 5.03. The van der Waals surface area contributed by atoms with Crippen LogP contribution in [0.1, 0.15) is 30.4 Å². The van der Waals surface area contributed by atoms with Crippen molar-refractivity contribution in [2.24, 2.45) is 0 Å². The summed E-state index contributed by atoms with van der Waals surface area (Å²) in [6.07, 6.45) is 3.09. The summed E-state index contributed by atoms with van der Waals surface area (Å²) in [6, 6.07) is 5.64. The van der Waals surface area contributed by atoms with E-state index in [9.17, 15) is 13.2 Å². The van der Waals surface area contributed by atoms with E-state index in [-0.39, 0.29) is 12.5 Å². The van der Waals surface area contributed by atoms with E-state index in [1.807, 2.05) is 32.0 Å². The largest absolute Gasteiger partial charge is 0.341 e. The second kappa shape index (κ2) is 7.53. The molecule has 1 fully saturated rings. The Kier molecular flexibility index (Phi) is 5.87. The number of anilines is 1. The van der Waals surface area contributed by atoms with Crippen LogP contribution in [0.3, 0.4) is 0 Å². The minimum Gasteiger partial charge on any atom is -0.341 e. The maximum Gasteiger partial charge on any atom is 0.304 e. The van der Waals surface area contributed by atoms with E-state index in [4.69, 9.17) is 0 Å². The first-order valence-electron chi connectivity index (χ1n) is 8.28. The number of amides is 1. The predicted molar refractivity (Wildman–Crippen MR) is 96.3 cm³/mol. The second-order valence-corrected chi connectivity index (χ2v) is 8.59. The molecule has 0 aromatic heterocycles. The first-order valence-corrected chi connectivity index (χ1v) is 9.68. The molecule has 0 aliphatic carbocycles. The molecule has 1 heterocycles. The lowest BCUT2D eigenvalue weighted by atomic mass is 10.1. The number of benzene rings is 1. The lowest BCUT2D eigenvalue weighted by Crippen LogP contribution is -2.48. The highest BCUT2D eigenvalue weighted by molar-refractivity contribution is 7.90. The number of piperidine rings is 1. The molecule has 1 aliphatic rings. The Morgan fingerprint density at radius 3 is 2.33 bits per heavy atom. The number of aryl methyl sites for hydroxylation is 2. The van der Waals surface area contributed by atoms with E-state index in [1.54, 1.807) is 4.90 Å². The minimum atomic E-state index is -3.75. The van der Waals surface area contributed by atoms with Crippen LogP contribution in [0.25, 0.3) is 0 Å². The van der Waals surface area contributed by atoms with Crippen LogP contribution < -0.4 is 4.31 Å². The molecule has 0 bridgehead atoms. The molecule has 0 radical (unpaired) electrons. The van der Waals surface area contributed by atoms with E-state index >= 15 is 0 Å². The van der Waals surface area contributed by atoms with Crippen LogP contribution in [0.5, 0.6) is 0 Å². The van der Waals surface area contributed by atoms with Crippen molar-refractivity contribution in [3.63, 3.8) is 0 Å². The van der Waals surface area contributed by atoms with Crippen LogP contribution in [0.15, 0.2) is 18.2 Å². The Morgan fingerprint density at radius 2 is 1.75 bits per heavy atom. The van der Waals surface area contributed by atoms with Crippen molar-refractivity contribution in [3.8, 4) is 0 Å². The van der Waals surface area contributed by atoms with Gasteiger partial charge in [-0.2, -0.15) is 12.7 Å². The van der Waals surface area contributed by atoms with Gasteiger partial charge in [0.2, 0.25) is 5.91 Å². The summed E-state index contributed by atoms with van der Waals surface area (Å²) in [5.74, 6) is -0.138. The molecule has 7 heteroatoms. The lowest BCUT2D eigenvalue weighted by Gasteiger charge is -2.32. The molecule has 134 valence electrons. The number of hydrogen-bond donors (Lipinski definition) is 0. The minimum absolute atomic E-state index is 0.138. The van der Waals surface area contributed by atoms with Gasteiger partial charge in [-0.25, -0.2) is 4.31 Å². The maximum absolute atomic E-state index is 12.8. The highest BCUT2D eigenvalue weighted by Crippen LogP contribution is 2.25. The topological polar surface area (TPSA) is 60.9 Å². The highest BCUT2D eigenvalue weighted by atomic mass is 32.2. The van der Waals surface area contributed by atoms with Gasteiger partial charge in [-0.15, -0.1) is 0 Å². The van der Waals surface area contributed by atoms with Gasteiger partial charge in [-0.05, 0) is 50.3 Å². The zero-order chi connectivity index (χ0) is 17.9. The first-order chi connectivity index (χ1) is 11.2. The third kappa shape index (κ3) is 4.08. The Bertz CT molecular complexity index is 695. The third-order valence-electron chi connectivity index (χ3n) is 4.36. The van der Waals surface area contributed by atoms with Crippen molar-refractivity contribution in [1.82, 2.24) is 9.21 Å². The number of carbonyl (C=O) groups excluding carboxylic acids is 1. The SMILES string of the molecule is Cc1ccc(C)c(N(CC(=O)N2CCCCC2)S(=O)(=O)N(C)C)c1. The molecule has 2 rings (SSSR count). The Hall–Kier alpha value is -1.60. The van der Waals surface area contributed by atoms with E-state index in [1.165, 1.54) is 18.4 Å². The number of carbonyl (C=O) groups is 1. The molecule has 24 heavy (non-hydrogen) atoms. The number of rotatable bonds is 5. The fourth-order valence-electron chi connectivity index (χ4n) is 2.84. The van der Waals surface area contributed by atoms with Gasteiger partial charge < -0.3 is 4.90 Å². The zero-order valence-corrected chi connectivity index (χ0v) is 15.8. The summed E-state index contributed by atoms with van der Waals surface area (Å²) in [7, 11) is -0.776. The molecular formula is C17H27N3O3S. The van der Waals surface area contributed by atoms with Crippen molar-refractivity contribution in [2.75, 3.05) is 38.0 Å². The zero-order valence-electron chi connectivity index (χ0n) is 14.9. The predicted octanol–water partition coefficient (Wildman–Crippen LogP) is 1.93. The van der Waals surface area contributed by atoms with Gasteiger partial charge in [-0.3, -0.25) is 4.79 Å². The van der Waals surface area contributed by atoms with Gasteiger partial charge in [0.25, 0.3) is 0 Å². The van der Waals surface area contributed by atoms with E-state index in [0.29, 0.717) is 18.8 Å². The van der Waals surface area contributed by atoms with Crippen molar-refractivity contribution in [1.29, 1.82) is 0 Å². The monoisotopic (exact) mass is 353 g/mol. The van der Waals surface area contributed by atoms with Crippen LogP contribution in [-0.4, -0.2) is 57.3 Å². The van der Waals surface area contributed by atoms with Crippen molar-refractivity contribution in [2.45, 2.75) is 33.1 Å². The van der Waals surface area contributed by atoms with Crippen molar-refractivity contribution >= 4 is 21.8 Å². The number of likely N-dealkylation sites (tertiary alicyclic amines) is 1. The molecule has 0 atom stereocenters. The maximum atomic E-state index is 12.8. The normalized spacial score (nSPS) is 15.6. The molecule has 6 nitrogen and oxygen atoms in total. The molecular weight excluding hydrogens is 326 g/mol. The highest BCUT2D eigenvalue weighted by Gasteiger charge is 2.30. The molecule has 1 aliphatic heterocycles. The summed E-state index contributed by atoms with van der Waals surface area (Å²) in [5, 5.41) is 0. The molecule has 0 unspecified atom stereocenters. The first kappa shape index (κ1) is 18.7. The van der Waals surface area contributed by atoms with Gasteiger partial charge in [0.15, 0.2) is 0 Å². The van der Waals surface area contributed by atoms with Crippen LogP contribution in [0, 0.1) is 13.8 Å². The van der Waals surface area contributed by atoms with Crippen molar-refractivity contribution in [3.05, 3.63) is 29.3 Å². The van der Waals surface area contributed by atoms with Crippen LogP contribution in [0.2, 0.25) is 0 Å². The average Bonchev–Trinajstić information content (AvgIpc) is 2.55. The summed E-state index contributed by atoms with van der Waals surface area (Å²) >= 11 is 0. The summed E-state index contributed by atoms with van der Waals surface area (Å²) < 4.78 is 28.0. The summed E-state index contributed by atoms with van der Waals surface area (Å²) in [5.41, 5.74) is 2.35. The quantitative estimate of drug-likeness (QED) is 0.813. The summed E-state index contributed by atoms with van der Waals surface area (Å²) in [4.78, 5) is 14.4. The van der Waals surface area contributed by atoms with E-state index < -0.39 is 10.2 Å². The molecule has 0 spiro atoms. The molecule has 1 aromatic rings. The molecule has 1 amide bonds.